The van der Waals surface area contributed by atoms with Crippen molar-refractivity contribution in [3.05, 3.63) is 53.2 Å². The molecule has 2 aromatic rings. The minimum Gasteiger partial charge on any atom is -0.327 e. The van der Waals surface area contributed by atoms with E-state index in [0.717, 1.165) is 23.4 Å². The summed E-state index contributed by atoms with van der Waals surface area (Å²) in [6, 6.07) is 11.9. The Hall–Kier alpha value is -1.74. The lowest BCUT2D eigenvalue weighted by atomic mass is 10.0. The van der Waals surface area contributed by atoms with Gasteiger partial charge in [0.25, 0.3) is 0 Å². The van der Waals surface area contributed by atoms with Crippen LogP contribution in [0.15, 0.2) is 36.4 Å². The van der Waals surface area contributed by atoms with Crippen molar-refractivity contribution in [1.82, 2.24) is 4.98 Å². The number of nitrogens with two attached hydrogens (primary N) is 1. The van der Waals surface area contributed by atoms with E-state index in [-0.39, 0.29) is 0 Å². The summed E-state index contributed by atoms with van der Waals surface area (Å²) in [5, 5.41) is 0. The second kappa shape index (κ2) is 4.74. The average molecular weight is 256 g/mol. The van der Waals surface area contributed by atoms with Crippen LogP contribution in [0.2, 0.25) is 0 Å². The number of hydrogen-bond donors (Lipinski definition) is 1. The molecule has 1 heterocycles. The van der Waals surface area contributed by atoms with Crippen molar-refractivity contribution in [3.8, 4) is 11.3 Å². The Labute approximate surface area is 112 Å². The Bertz CT molecular complexity index is 609. The molecule has 1 aromatic carbocycles. The molecule has 1 aliphatic carbocycles. The smallest absolute Gasteiger partial charge is 0.115 e. The van der Waals surface area contributed by atoms with E-state index in [2.05, 4.69) is 11.1 Å². The van der Waals surface area contributed by atoms with E-state index in [1.54, 1.807) is 6.07 Å². The van der Waals surface area contributed by atoms with E-state index in [1.165, 1.54) is 5.56 Å². The highest BCUT2D eigenvalue weighted by molar-refractivity contribution is 5.61. The van der Waals surface area contributed by atoms with Crippen molar-refractivity contribution in [3.63, 3.8) is 0 Å². The molecule has 2 atom stereocenters. The molecule has 19 heavy (non-hydrogen) atoms. The second-order valence-corrected chi connectivity index (χ2v) is 5.21. The van der Waals surface area contributed by atoms with Gasteiger partial charge in [-0.3, -0.25) is 4.98 Å². The first-order chi connectivity index (χ1) is 9.19. The summed E-state index contributed by atoms with van der Waals surface area (Å²) in [6.07, 6.45) is 1.05. The number of benzene rings is 1. The Balaban J connectivity index is 1.95. The maximum atomic E-state index is 12.7. The van der Waals surface area contributed by atoms with Crippen LogP contribution in [0.4, 0.5) is 4.39 Å². The van der Waals surface area contributed by atoms with E-state index in [1.807, 2.05) is 31.2 Å². The quantitative estimate of drug-likeness (QED) is 0.914. The summed E-state index contributed by atoms with van der Waals surface area (Å²) in [7, 11) is 0. The van der Waals surface area contributed by atoms with Crippen LogP contribution in [0, 0.1) is 6.92 Å². The number of nitrogens with zero attached hydrogens (tertiary/aromatic N) is 1. The first kappa shape index (κ1) is 12.3. The van der Waals surface area contributed by atoms with Crippen LogP contribution >= 0.6 is 0 Å². The summed E-state index contributed by atoms with van der Waals surface area (Å²) in [4.78, 5) is 4.64. The van der Waals surface area contributed by atoms with Gasteiger partial charge in [0.2, 0.25) is 0 Å². The summed E-state index contributed by atoms with van der Waals surface area (Å²) in [5.74, 6) is 0.471. The number of halogens is 1. The van der Waals surface area contributed by atoms with Crippen LogP contribution in [0.3, 0.4) is 0 Å². The van der Waals surface area contributed by atoms with E-state index in [4.69, 9.17) is 5.73 Å². The first-order valence-electron chi connectivity index (χ1n) is 6.57. The summed E-state index contributed by atoms with van der Waals surface area (Å²) < 4.78 is 12.7. The molecule has 3 rings (SSSR count). The van der Waals surface area contributed by atoms with Gasteiger partial charge in [-0.15, -0.1) is 0 Å². The van der Waals surface area contributed by atoms with Crippen molar-refractivity contribution in [2.75, 3.05) is 0 Å². The standard InChI is InChI=1S/C16H17FN2/c1-10-13(14-8-15(14)18)5-6-16(19-10)12-4-2-3-11(7-12)9-17/h2-7,14-15H,8-9,18H2,1H3/t14-,15+/m1/s1. The normalized spacial score (nSPS) is 21.4. The van der Waals surface area contributed by atoms with Crippen LogP contribution in [0.5, 0.6) is 0 Å². The predicted octanol–water partition coefficient (Wildman–Crippen LogP) is 3.34. The monoisotopic (exact) mass is 256 g/mol. The van der Waals surface area contributed by atoms with Crippen molar-refractivity contribution >= 4 is 0 Å². The topological polar surface area (TPSA) is 38.9 Å². The lowest BCUT2D eigenvalue weighted by Gasteiger charge is -2.08. The van der Waals surface area contributed by atoms with Crippen molar-refractivity contribution in [2.24, 2.45) is 5.73 Å². The zero-order valence-electron chi connectivity index (χ0n) is 10.9. The van der Waals surface area contributed by atoms with E-state index in [9.17, 15) is 4.39 Å². The van der Waals surface area contributed by atoms with Gasteiger partial charge >= 0.3 is 0 Å². The number of hydrogen-bond acceptors (Lipinski definition) is 2. The number of alkyl halides is 1. The maximum absolute atomic E-state index is 12.7. The Morgan fingerprint density at radius 1 is 1.32 bits per heavy atom. The van der Waals surface area contributed by atoms with Crippen LogP contribution in [-0.4, -0.2) is 11.0 Å². The van der Waals surface area contributed by atoms with Crippen LogP contribution in [-0.2, 0) is 6.67 Å². The fourth-order valence-corrected chi connectivity index (χ4v) is 2.51. The Kier molecular flexibility index (Phi) is 3.07. The molecule has 0 amide bonds. The maximum Gasteiger partial charge on any atom is 0.115 e. The first-order valence-corrected chi connectivity index (χ1v) is 6.57. The Morgan fingerprint density at radius 3 is 2.74 bits per heavy atom. The molecule has 2 N–H and O–H groups in total. The van der Waals surface area contributed by atoms with Gasteiger partial charge in [-0.2, -0.15) is 0 Å². The molecule has 0 saturated heterocycles. The average Bonchev–Trinajstić information content (AvgIpc) is 3.15. The van der Waals surface area contributed by atoms with E-state index in [0.29, 0.717) is 17.5 Å². The summed E-state index contributed by atoms with van der Waals surface area (Å²) in [5.41, 5.74) is 10.7. The lowest BCUT2D eigenvalue weighted by Crippen LogP contribution is -2.03. The van der Waals surface area contributed by atoms with E-state index < -0.39 is 6.67 Å². The molecule has 0 bridgehead atoms. The fraction of sp³-hybridized carbons (Fsp3) is 0.312. The molecule has 1 saturated carbocycles. The number of pyridine rings is 1. The molecule has 1 aromatic heterocycles. The molecule has 1 fully saturated rings. The third kappa shape index (κ3) is 2.38. The number of rotatable bonds is 3. The summed E-state index contributed by atoms with van der Waals surface area (Å²) in [6.45, 7) is 1.57. The second-order valence-electron chi connectivity index (χ2n) is 5.21. The van der Waals surface area contributed by atoms with Crippen molar-refractivity contribution in [1.29, 1.82) is 0 Å². The molecule has 3 heteroatoms. The van der Waals surface area contributed by atoms with Gasteiger partial charge in [-0.1, -0.05) is 24.3 Å². The number of aryl methyl sites for hydroxylation is 1. The molecular weight excluding hydrogens is 239 g/mol. The molecule has 0 radical (unpaired) electrons. The summed E-state index contributed by atoms with van der Waals surface area (Å²) >= 11 is 0. The number of aromatic nitrogens is 1. The zero-order valence-corrected chi connectivity index (χ0v) is 10.9. The van der Waals surface area contributed by atoms with Gasteiger partial charge in [0.05, 0.1) is 5.69 Å². The zero-order chi connectivity index (χ0) is 13.4. The fourth-order valence-electron chi connectivity index (χ4n) is 2.51. The lowest BCUT2D eigenvalue weighted by molar-refractivity contribution is 0.485. The third-order valence-corrected chi connectivity index (χ3v) is 3.74. The SMILES string of the molecule is Cc1nc(-c2cccc(CF)c2)ccc1[C@H]1C[C@@H]1N. The predicted molar refractivity (Wildman–Crippen MR) is 74.6 cm³/mol. The molecular formula is C16H17FN2. The highest BCUT2D eigenvalue weighted by atomic mass is 19.1. The largest absolute Gasteiger partial charge is 0.327 e. The Morgan fingerprint density at radius 2 is 2.11 bits per heavy atom. The molecule has 2 nitrogen and oxygen atoms in total. The van der Waals surface area contributed by atoms with Gasteiger partial charge < -0.3 is 5.73 Å². The van der Waals surface area contributed by atoms with Gasteiger partial charge in [0.1, 0.15) is 6.67 Å². The highest BCUT2D eigenvalue weighted by Gasteiger charge is 2.36. The van der Waals surface area contributed by atoms with Crippen LogP contribution < -0.4 is 5.73 Å². The van der Waals surface area contributed by atoms with Crippen molar-refractivity contribution < 1.29 is 4.39 Å². The molecule has 0 unspecified atom stereocenters. The molecule has 0 aliphatic heterocycles. The molecule has 98 valence electrons. The van der Waals surface area contributed by atoms with Crippen LogP contribution in [0.25, 0.3) is 11.3 Å². The molecule has 0 spiro atoms. The van der Waals surface area contributed by atoms with Gasteiger partial charge in [-0.05, 0) is 36.6 Å². The van der Waals surface area contributed by atoms with Crippen molar-refractivity contribution in [2.45, 2.75) is 32.0 Å². The van der Waals surface area contributed by atoms with Gasteiger partial charge in [-0.25, -0.2) is 4.39 Å². The van der Waals surface area contributed by atoms with Crippen LogP contribution in [0.1, 0.15) is 29.2 Å². The third-order valence-electron chi connectivity index (χ3n) is 3.74. The highest BCUT2D eigenvalue weighted by Crippen LogP contribution is 2.40. The van der Waals surface area contributed by atoms with Gasteiger partial charge in [0.15, 0.2) is 0 Å². The van der Waals surface area contributed by atoms with Gasteiger partial charge in [0, 0.05) is 23.2 Å². The minimum absolute atomic E-state index is 0.293. The van der Waals surface area contributed by atoms with E-state index >= 15 is 0 Å². The molecule has 1 aliphatic rings. The minimum atomic E-state index is -0.443.